The molecule has 126 valence electrons. The fourth-order valence-corrected chi connectivity index (χ4v) is 4.39. The Morgan fingerprint density at radius 1 is 1.13 bits per heavy atom. The molecule has 2 atom stereocenters. The van der Waals surface area contributed by atoms with Crippen molar-refractivity contribution in [3.8, 4) is 0 Å². The number of nitrogens with zero attached hydrogens (tertiary/aromatic N) is 2. The number of rotatable bonds is 4. The topological polar surface area (TPSA) is 23.6 Å². The van der Waals surface area contributed by atoms with Crippen molar-refractivity contribution in [2.24, 2.45) is 0 Å². The van der Waals surface area contributed by atoms with Crippen molar-refractivity contribution < 1.29 is 4.79 Å². The molecule has 1 saturated heterocycles. The first kappa shape index (κ1) is 17.0. The van der Waals surface area contributed by atoms with Crippen molar-refractivity contribution in [3.05, 3.63) is 34.3 Å². The molecule has 4 heteroatoms. The van der Waals surface area contributed by atoms with Crippen molar-refractivity contribution >= 4 is 21.8 Å². The molecule has 1 aliphatic carbocycles. The summed E-state index contributed by atoms with van der Waals surface area (Å²) in [4.78, 5) is 17.4. The van der Waals surface area contributed by atoms with Crippen molar-refractivity contribution in [1.29, 1.82) is 0 Å². The van der Waals surface area contributed by atoms with E-state index in [1.54, 1.807) is 0 Å². The highest BCUT2D eigenvalue weighted by Gasteiger charge is 2.35. The summed E-state index contributed by atoms with van der Waals surface area (Å²) in [7, 11) is 2.01. The Morgan fingerprint density at radius 3 is 2.48 bits per heavy atom. The first-order valence-corrected chi connectivity index (χ1v) is 9.68. The minimum absolute atomic E-state index is 0.253. The lowest BCUT2D eigenvalue weighted by molar-refractivity contribution is -0.133. The van der Waals surface area contributed by atoms with E-state index in [1.807, 2.05) is 36.2 Å². The minimum Gasteiger partial charge on any atom is -0.341 e. The van der Waals surface area contributed by atoms with Gasteiger partial charge in [-0.25, -0.2) is 0 Å². The highest BCUT2D eigenvalue weighted by molar-refractivity contribution is 9.10. The normalized spacial score (nSPS) is 25.5. The van der Waals surface area contributed by atoms with Crippen molar-refractivity contribution in [3.63, 3.8) is 0 Å². The molecule has 23 heavy (non-hydrogen) atoms. The summed E-state index contributed by atoms with van der Waals surface area (Å²) in [5.74, 6) is 0.253. The lowest BCUT2D eigenvalue weighted by Crippen LogP contribution is -2.53. The summed E-state index contributed by atoms with van der Waals surface area (Å²) < 4.78 is 1.06. The van der Waals surface area contributed by atoms with Gasteiger partial charge >= 0.3 is 0 Å². The predicted molar refractivity (Wildman–Crippen MR) is 97.5 cm³/mol. The standard InChI is InChI=1S/C19H27BrN2O/c1-21(19(23)14-15-8-10-16(20)11-9-15)17-6-2-3-7-18(17)22-12-4-5-13-22/h8-11,17-18H,2-7,12-14H2,1H3. The van der Waals surface area contributed by atoms with Gasteiger partial charge in [0, 0.05) is 23.6 Å². The molecular weight excluding hydrogens is 352 g/mol. The van der Waals surface area contributed by atoms with Crippen LogP contribution < -0.4 is 0 Å². The number of hydrogen-bond donors (Lipinski definition) is 0. The Bertz CT molecular complexity index is 525. The van der Waals surface area contributed by atoms with E-state index in [1.165, 1.54) is 45.2 Å². The van der Waals surface area contributed by atoms with Crippen LogP contribution in [0.4, 0.5) is 0 Å². The van der Waals surface area contributed by atoms with E-state index in [-0.39, 0.29) is 5.91 Å². The maximum Gasteiger partial charge on any atom is 0.227 e. The van der Waals surface area contributed by atoms with E-state index in [4.69, 9.17) is 0 Å². The third-order valence-corrected chi connectivity index (χ3v) is 5.99. The summed E-state index contributed by atoms with van der Waals surface area (Å²) in [6.07, 6.45) is 8.12. The molecule has 0 spiro atoms. The van der Waals surface area contributed by atoms with Gasteiger partial charge in [-0.05, 0) is 56.5 Å². The Kier molecular flexibility index (Phi) is 5.76. The third kappa shape index (κ3) is 4.16. The van der Waals surface area contributed by atoms with Gasteiger partial charge in [0.15, 0.2) is 0 Å². The number of carbonyl (C=O) groups is 1. The van der Waals surface area contributed by atoms with Gasteiger partial charge in [0.25, 0.3) is 0 Å². The van der Waals surface area contributed by atoms with Gasteiger partial charge in [-0.15, -0.1) is 0 Å². The van der Waals surface area contributed by atoms with Crippen LogP contribution in [0.2, 0.25) is 0 Å². The van der Waals surface area contributed by atoms with Crippen LogP contribution in [0, 0.1) is 0 Å². The van der Waals surface area contributed by atoms with Crippen LogP contribution in [0.3, 0.4) is 0 Å². The molecule has 0 radical (unpaired) electrons. The summed E-state index contributed by atoms with van der Waals surface area (Å²) >= 11 is 3.45. The van der Waals surface area contributed by atoms with Crippen molar-refractivity contribution in [1.82, 2.24) is 9.80 Å². The van der Waals surface area contributed by atoms with Gasteiger partial charge in [0.05, 0.1) is 6.42 Å². The molecule has 2 aliphatic rings. The highest BCUT2D eigenvalue weighted by Crippen LogP contribution is 2.29. The average Bonchev–Trinajstić information content (AvgIpc) is 3.10. The van der Waals surface area contributed by atoms with Crippen molar-refractivity contribution in [2.75, 3.05) is 20.1 Å². The van der Waals surface area contributed by atoms with E-state index in [9.17, 15) is 4.79 Å². The zero-order valence-electron chi connectivity index (χ0n) is 14.0. The van der Waals surface area contributed by atoms with E-state index < -0.39 is 0 Å². The first-order chi connectivity index (χ1) is 11.1. The first-order valence-electron chi connectivity index (χ1n) is 8.89. The van der Waals surface area contributed by atoms with E-state index in [0.717, 1.165) is 16.5 Å². The Hall–Kier alpha value is -0.870. The molecule has 0 bridgehead atoms. The smallest absolute Gasteiger partial charge is 0.227 e. The van der Waals surface area contributed by atoms with Crippen LogP contribution in [0.15, 0.2) is 28.7 Å². The van der Waals surface area contributed by atoms with Crippen LogP contribution in [0.5, 0.6) is 0 Å². The second-order valence-corrected chi connectivity index (χ2v) is 7.89. The van der Waals surface area contributed by atoms with Gasteiger partial charge in [-0.3, -0.25) is 9.69 Å². The van der Waals surface area contributed by atoms with Crippen LogP contribution in [-0.2, 0) is 11.2 Å². The van der Waals surface area contributed by atoms with Gasteiger partial charge < -0.3 is 4.90 Å². The molecule has 1 heterocycles. The third-order valence-electron chi connectivity index (χ3n) is 5.46. The maximum atomic E-state index is 12.8. The Balaban J connectivity index is 1.65. The molecule has 1 saturated carbocycles. The SMILES string of the molecule is CN(C(=O)Cc1ccc(Br)cc1)C1CCCCC1N1CCCC1. The van der Waals surface area contributed by atoms with Gasteiger partial charge in [-0.2, -0.15) is 0 Å². The molecule has 1 amide bonds. The van der Waals surface area contributed by atoms with E-state index >= 15 is 0 Å². The monoisotopic (exact) mass is 378 g/mol. The molecule has 3 nitrogen and oxygen atoms in total. The largest absolute Gasteiger partial charge is 0.341 e. The van der Waals surface area contributed by atoms with Crippen LogP contribution >= 0.6 is 15.9 Å². The zero-order valence-corrected chi connectivity index (χ0v) is 15.6. The molecule has 3 rings (SSSR count). The lowest BCUT2D eigenvalue weighted by atomic mass is 9.88. The average molecular weight is 379 g/mol. The molecule has 2 fully saturated rings. The van der Waals surface area contributed by atoms with E-state index in [0.29, 0.717) is 18.5 Å². The molecular formula is C19H27BrN2O. The molecule has 0 aromatic heterocycles. The number of carbonyl (C=O) groups excluding carboxylic acids is 1. The molecule has 0 N–H and O–H groups in total. The van der Waals surface area contributed by atoms with Crippen LogP contribution in [0.25, 0.3) is 0 Å². The quantitative estimate of drug-likeness (QED) is 0.793. The lowest BCUT2D eigenvalue weighted by Gasteiger charge is -2.42. The maximum absolute atomic E-state index is 12.8. The number of likely N-dealkylation sites (tertiary alicyclic amines) is 1. The number of amides is 1. The fourth-order valence-electron chi connectivity index (χ4n) is 4.13. The second-order valence-electron chi connectivity index (χ2n) is 6.97. The molecule has 1 aliphatic heterocycles. The summed E-state index contributed by atoms with van der Waals surface area (Å²) in [6.45, 7) is 2.44. The summed E-state index contributed by atoms with van der Waals surface area (Å²) in [5, 5.41) is 0. The number of halogens is 1. The van der Waals surface area contributed by atoms with E-state index in [2.05, 4.69) is 20.8 Å². The molecule has 2 unspecified atom stereocenters. The Labute approximate surface area is 148 Å². The number of hydrogen-bond acceptors (Lipinski definition) is 2. The predicted octanol–water partition coefficient (Wildman–Crippen LogP) is 3.86. The van der Waals surface area contributed by atoms with Gasteiger partial charge in [0.2, 0.25) is 5.91 Å². The zero-order chi connectivity index (χ0) is 16.2. The minimum atomic E-state index is 0.253. The van der Waals surface area contributed by atoms with Crippen LogP contribution in [-0.4, -0.2) is 47.9 Å². The second kappa shape index (κ2) is 7.80. The highest BCUT2D eigenvalue weighted by atomic mass is 79.9. The van der Waals surface area contributed by atoms with Crippen LogP contribution in [0.1, 0.15) is 44.1 Å². The Morgan fingerprint density at radius 2 is 1.78 bits per heavy atom. The summed E-state index contributed by atoms with van der Waals surface area (Å²) in [5.41, 5.74) is 1.10. The molecule has 1 aromatic rings. The number of likely N-dealkylation sites (N-methyl/N-ethyl adjacent to an activating group) is 1. The van der Waals surface area contributed by atoms with Crippen molar-refractivity contribution in [2.45, 2.75) is 57.0 Å². The number of benzene rings is 1. The van der Waals surface area contributed by atoms with Gasteiger partial charge in [-0.1, -0.05) is 40.9 Å². The summed E-state index contributed by atoms with van der Waals surface area (Å²) in [6, 6.07) is 9.06. The van der Waals surface area contributed by atoms with Gasteiger partial charge in [0.1, 0.15) is 0 Å². The fraction of sp³-hybridized carbons (Fsp3) is 0.632. The molecule has 1 aromatic carbocycles.